The standard InChI is InChI=1S/C17H26N2O3/c1-21-14-7-6-12(16(10-14)22-2)8-9-19-17(20)15-5-3-4-13(15)11-18/h6-7,10,13,15H,3-5,8-9,11,18H2,1-2H3,(H,19,20)/t13-,15-/m1/s1. The summed E-state index contributed by atoms with van der Waals surface area (Å²) in [6.07, 6.45) is 3.87. The fourth-order valence-corrected chi connectivity index (χ4v) is 3.17. The van der Waals surface area contributed by atoms with Crippen molar-refractivity contribution >= 4 is 5.91 Å². The van der Waals surface area contributed by atoms with Crippen molar-refractivity contribution in [3.8, 4) is 11.5 Å². The smallest absolute Gasteiger partial charge is 0.223 e. The zero-order chi connectivity index (χ0) is 15.9. The maximum Gasteiger partial charge on any atom is 0.223 e. The Balaban J connectivity index is 1.87. The van der Waals surface area contributed by atoms with Crippen LogP contribution in [0.1, 0.15) is 24.8 Å². The highest BCUT2D eigenvalue weighted by atomic mass is 16.5. The minimum atomic E-state index is 0.0859. The van der Waals surface area contributed by atoms with Crippen LogP contribution in [0.5, 0.6) is 11.5 Å². The first-order chi connectivity index (χ1) is 10.7. The van der Waals surface area contributed by atoms with Crippen LogP contribution in [-0.2, 0) is 11.2 Å². The van der Waals surface area contributed by atoms with Gasteiger partial charge in [0.25, 0.3) is 0 Å². The van der Waals surface area contributed by atoms with Crippen molar-refractivity contribution in [2.75, 3.05) is 27.3 Å². The minimum Gasteiger partial charge on any atom is -0.497 e. The lowest BCUT2D eigenvalue weighted by molar-refractivity contribution is -0.125. The lowest BCUT2D eigenvalue weighted by Gasteiger charge is -2.17. The number of ether oxygens (including phenoxy) is 2. The van der Waals surface area contributed by atoms with Gasteiger partial charge in [-0.3, -0.25) is 4.79 Å². The van der Waals surface area contributed by atoms with Crippen LogP contribution >= 0.6 is 0 Å². The second kappa shape index (κ2) is 8.03. The Hall–Kier alpha value is -1.75. The Morgan fingerprint density at radius 3 is 2.82 bits per heavy atom. The average Bonchev–Trinajstić information content (AvgIpc) is 3.03. The van der Waals surface area contributed by atoms with E-state index >= 15 is 0 Å². The molecule has 5 heteroatoms. The van der Waals surface area contributed by atoms with E-state index in [1.807, 2.05) is 18.2 Å². The number of carbonyl (C=O) groups excluding carboxylic acids is 1. The molecule has 22 heavy (non-hydrogen) atoms. The number of methoxy groups -OCH3 is 2. The first kappa shape index (κ1) is 16.6. The predicted molar refractivity (Wildman–Crippen MR) is 86.1 cm³/mol. The molecule has 0 unspecified atom stereocenters. The molecule has 2 atom stereocenters. The summed E-state index contributed by atoms with van der Waals surface area (Å²) in [6.45, 7) is 1.21. The van der Waals surface area contributed by atoms with Gasteiger partial charge in [-0.05, 0) is 43.4 Å². The largest absolute Gasteiger partial charge is 0.497 e. The van der Waals surface area contributed by atoms with Gasteiger partial charge >= 0.3 is 0 Å². The molecule has 1 saturated carbocycles. The van der Waals surface area contributed by atoms with Gasteiger partial charge in [0.15, 0.2) is 0 Å². The van der Waals surface area contributed by atoms with Crippen molar-refractivity contribution in [3.05, 3.63) is 23.8 Å². The zero-order valence-electron chi connectivity index (χ0n) is 13.4. The molecular weight excluding hydrogens is 280 g/mol. The second-order valence-electron chi connectivity index (χ2n) is 5.75. The highest BCUT2D eigenvalue weighted by molar-refractivity contribution is 5.79. The number of benzene rings is 1. The summed E-state index contributed by atoms with van der Waals surface area (Å²) in [6, 6.07) is 5.74. The van der Waals surface area contributed by atoms with E-state index in [0.717, 1.165) is 42.7 Å². The first-order valence-corrected chi connectivity index (χ1v) is 7.88. The van der Waals surface area contributed by atoms with E-state index in [4.69, 9.17) is 15.2 Å². The van der Waals surface area contributed by atoms with Crippen LogP contribution < -0.4 is 20.5 Å². The summed E-state index contributed by atoms with van der Waals surface area (Å²) in [5.74, 6) is 2.12. The van der Waals surface area contributed by atoms with Crippen LogP contribution in [-0.4, -0.2) is 33.2 Å². The fraction of sp³-hybridized carbons (Fsp3) is 0.588. The Labute approximate surface area is 132 Å². The van der Waals surface area contributed by atoms with Gasteiger partial charge in [-0.2, -0.15) is 0 Å². The number of hydrogen-bond donors (Lipinski definition) is 2. The van der Waals surface area contributed by atoms with E-state index in [9.17, 15) is 4.79 Å². The zero-order valence-corrected chi connectivity index (χ0v) is 13.4. The van der Waals surface area contributed by atoms with Crippen molar-refractivity contribution in [1.82, 2.24) is 5.32 Å². The van der Waals surface area contributed by atoms with Gasteiger partial charge in [0.1, 0.15) is 11.5 Å². The summed E-state index contributed by atoms with van der Waals surface area (Å²) in [7, 11) is 3.27. The van der Waals surface area contributed by atoms with Crippen molar-refractivity contribution in [3.63, 3.8) is 0 Å². The third-order valence-corrected chi connectivity index (χ3v) is 4.49. The van der Waals surface area contributed by atoms with E-state index in [0.29, 0.717) is 19.0 Å². The molecule has 1 aliphatic rings. The Morgan fingerprint density at radius 1 is 1.32 bits per heavy atom. The molecule has 3 N–H and O–H groups in total. The molecular formula is C17H26N2O3. The molecule has 0 spiro atoms. The summed E-state index contributed by atoms with van der Waals surface area (Å²) in [4.78, 5) is 12.2. The summed E-state index contributed by atoms with van der Waals surface area (Å²) < 4.78 is 10.6. The molecule has 0 aromatic heterocycles. The monoisotopic (exact) mass is 306 g/mol. The molecule has 1 amide bonds. The molecule has 5 nitrogen and oxygen atoms in total. The van der Waals surface area contributed by atoms with E-state index in [-0.39, 0.29) is 11.8 Å². The van der Waals surface area contributed by atoms with Crippen LogP contribution in [0.25, 0.3) is 0 Å². The van der Waals surface area contributed by atoms with Crippen molar-refractivity contribution in [2.24, 2.45) is 17.6 Å². The second-order valence-corrected chi connectivity index (χ2v) is 5.75. The van der Waals surface area contributed by atoms with Gasteiger partial charge in [-0.25, -0.2) is 0 Å². The van der Waals surface area contributed by atoms with E-state index in [1.54, 1.807) is 14.2 Å². The average molecular weight is 306 g/mol. The molecule has 1 aromatic rings. The number of nitrogens with one attached hydrogen (secondary N) is 1. The van der Waals surface area contributed by atoms with Crippen LogP contribution in [0.2, 0.25) is 0 Å². The van der Waals surface area contributed by atoms with Gasteiger partial charge in [-0.15, -0.1) is 0 Å². The number of carbonyl (C=O) groups is 1. The predicted octanol–water partition coefficient (Wildman–Crippen LogP) is 1.74. The van der Waals surface area contributed by atoms with Crippen molar-refractivity contribution in [1.29, 1.82) is 0 Å². The van der Waals surface area contributed by atoms with Crippen LogP contribution in [0.4, 0.5) is 0 Å². The molecule has 0 bridgehead atoms. The molecule has 1 aliphatic carbocycles. The maximum atomic E-state index is 12.2. The summed E-state index contributed by atoms with van der Waals surface area (Å²) in [5.41, 5.74) is 6.80. The first-order valence-electron chi connectivity index (χ1n) is 7.88. The maximum absolute atomic E-state index is 12.2. The molecule has 1 aromatic carbocycles. The van der Waals surface area contributed by atoms with Gasteiger partial charge in [0, 0.05) is 18.5 Å². The van der Waals surface area contributed by atoms with Gasteiger partial charge in [0.05, 0.1) is 14.2 Å². The lowest BCUT2D eigenvalue weighted by Crippen LogP contribution is -2.36. The molecule has 0 heterocycles. The number of amides is 1. The highest BCUT2D eigenvalue weighted by Crippen LogP contribution is 2.31. The number of hydrogen-bond acceptors (Lipinski definition) is 4. The summed E-state index contributed by atoms with van der Waals surface area (Å²) >= 11 is 0. The number of rotatable bonds is 7. The van der Waals surface area contributed by atoms with E-state index in [1.165, 1.54) is 0 Å². The Morgan fingerprint density at radius 2 is 2.14 bits per heavy atom. The third-order valence-electron chi connectivity index (χ3n) is 4.49. The quantitative estimate of drug-likeness (QED) is 0.805. The van der Waals surface area contributed by atoms with Crippen LogP contribution in [0, 0.1) is 11.8 Å². The van der Waals surface area contributed by atoms with Crippen LogP contribution in [0.3, 0.4) is 0 Å². The van der Waals surface area contributed by atoms with Gasteiger partial charge in [0.2, 0.25) is 5.91 Å². The Kier molecular flexibility index (Phi) is 6.07. The normalized spacial score (nSPS) is 20.7. The van der Waals surface area contributed by atoms with Gasteiger partial charge in [-0.1, -0.05) is 12.5 Å². The molecule has 0 radical (unpaired) electrons. The highest BCUT2D eigenvalue weighted by Gasteiger charge is 2.31. The fourth-order valence-electron chi connectivity index (χ4n) is 3.17. The van der Waals surface area contributed by atoms with Gasteiger partial charge < -0.3 is 20.5 Å². The third kappa shape index (κ3) is 3.91. The van der Waals surface area contributed by atoms with E-state index in [2.05, 4.69) is 5.32 Å². The molecule has 1 fully saturated rings. The lowest BCUT2D eigenvalue weighted by atomic mass is 9.95. The molecule has 122 valence electrons. The van der Waals surface area contributed by atoms with Crippen molar-refractivity contribution < 1.29 is 14.3 Å². The minimum absolute atomic E-state index is 0.0859. The number of nitrogens with two attached hydrogens (primary N) is 1. The topological polar surface area (TPSA) is 73.6 Å². The molecule has 0 aliphatic heterocycles. The molecule has 2 rings (SSSR count). The molecule has 0 saturated heterocycles. The van der Waals surface area contributed by atoms with Crippen molar-refractivity contribution in [2.45, 2.75) is 25.7 Å². The summed E-state index contributed by atoms with van der Waals surface area (Å²) in [5, 5.41) is 3.04. The van der Waals surface area contributed by atoms with E-state index < -0.39 is 0 Å². The van der Waals surface area contributed by atoms with Crippen LogP contribution in [0.15, 0.2) is 18.2 Å². The Bertz CT molecular complexity index is 505. The SMILES string of the molecule is COc1ccc(CCNC(=O)[C@@H]2CCC[C@@H]2CN)c(OC)c1.